The number of hydrogen-bond donors (Lipinski definition) is 1. The number of rotatable bonds is 8. The standard InChI is InChI=1S/C16H28N4O2/c1-12(2)8-17-9-13-7-15(21)20(5-6-22-4)16(13)14-10-18-19(3)11-14/h10-13,16-17H,5-9H2,1-4H3/t13-,16+/m0/s1. The molecule has 1 aliphatic rings. The second kappa shape index (κ2) is 7.74. The quantitative estimate of drug-likeness (QED) is 0.784. The average molecular weight is 308 g/mol. The Bertz CT molecular complexity index is 486. The number of carbonyl (C=O) groups excluding carboxylic acids is 1. The second-order valence-electron chi connectivity index (χ2n) is 6.49. The number of amides is 1. The van der Waals surface area contributed by atoms with Gasteiger partial charge >= 0.3 is 0 Å². The number of hydrogen-bond acceptors (Lipinski definition) is 4. The minimum atomic E-state index is 0.0935. The summed E-state index contributed by atoms with van der Waals surface area (Å²) in [5.41, 5.74) is 1.11. The molecule has 2 heterocycles. The lowest BCUT2D eigenvalue weighted by Gasteiger charge is -2.27. The second-order valence-corrected chi connectivity index (χ2v) is 6.49. The fourth-order valence-corrected chi connectivity index (χ4v) is 3.10. The van der Waals surface area contributed by atoms with E-state index in [1.165, 1.54) is 0 Å². The largest absolute Gasteiger partial charge is 0.383 e. The smallest absolute Gasteiger partial charge is 0.223 e. The highest BCUT2D eigenvalue weighted by Gasteiger charge is 2.40. The van der Waals surface area contributed by atoms with E-state index in [4.69, 9.17) is 4.74 Å². The lowest BCUT2D eigenvalue weighted by molar-refractivity contribution is -0.129. The topological polar surface area (TPSA) is 59.4 Å². The van der Waals surface area contributed by atoms with E-state index in [0.29, 0.717) is 25.5 Å². The molecule has 22 heavy (non-hydrogen) atoms. The molecular weight excluding hydrogens is 280 g/mol. The van der Waals surface area contributed by atoms with Gasteiger partial charge < -0.3 is 15.0 Å². The predicted octanol–water partition coefficient (Wildman–Crippen LogP) is 1.20. The molecule has 1 aliphatic heterocycles. The van der Waals surface area contributed by atoms with Crippen molar-refractivity contribution in [3.05, 3.63) is 18.0 Å². The van der Waals surface area contributed by atoms with E-state index in [-0.39, 0.29) is 17.9 Å². The zero-order valence-electron chi connectivity index (χ0n) is 14.1. The van der Waals surface area contributed by atoms with Crippen molar-refractivity contribution >= 4 is 5.91 Å². The van der Waals surface area contributed by atoms with Crippen LogP contribution in [0.1, 0.15) is 31.9 Å². The van der Waals surface area contributed by atoms with Gasteiger partial charge in [-0.25, -0.2) is 0 Å². The van der Waals surface area contributed by atoms with Crippen LogP contribution in [0.4, 0.5) is 0 Å². The van der Waals surface area contributed by atoms with Gasteiger partial charge in [-0.1, -0.05) is 13.8 Å². The number of carbonyl (C=O) groups is 1. The molecule has 1 fully saturated rings. The molecule has 2 rings (SSSR count). The fourth-order valence-electron chi connectivity index (χ4n) is 3.10. The third-order valence-corrected chi connectivity index (χ3v) is 4.10. The van der Waals surface area contributed by atoms with Gasteiger partial charge in [0, 0.05) is 51.3 Å². The summed E-state index contributed by atoms with van der Waals surface area (Å²) in [5, 5.41) is 7.76. The summed E-state index contributed by atoms with van der Waals surface area (Å²) in [6.45, 7) is 7.41. The third-order valence-electron chi connectivity index (χ3n) is 4.10. The molecule has 1 aromatic heterocycles. The van der Waals surface area contributed by atoms with E-state index in [0.717, 1.165) is 18.7 Å². The van der Waals surface area contributed by atoms with E-state index >= 15 is 0 Å². The van der Waals surface area contributed by atoms with Gasteiger partial charge in [-0.2, -0.15) is 5.10 Å². The highest BCUT2D eigenvalue weighted by molar-refractivity contribution is 5.79. The van der Waals surface area contributed by atoms with Gasteiger partial charge in [0.15, 0.2) is 0 Å². The molecule has 124 valence electrons. The van der Waals surface area contributed by atoms with Crippen LogP contribution in [0.25, 0.3) is 0 Å². The molecule has 0 aromatic carbocycles. The van der Waals surface area contributed by atoms with Crippen molar-refractivity contribution in [1.29, 1.82) is 0 Å². The molecular formula is C16H28N4O2. The Kier molecular flexibility index (Phi) is 5.97. The van der Waals surface area contributed by atoms with Crippen LogP contribution in [0.15, 0.2) is 12.4 Å². The summed E-state index contributed by atoms with van der Waals surface area (Å²) in [5.74, 6) is 1.10. The van der Waals surface area contributed by atoms with Crippen LogP contribution >= 0.6 is 0 Å². The van der Waals surface area contributed by atoms with Crippen LogP contribution in [0.3, 0.4) is 0 Å². The summed E-state index contributed by atoms with van der Waals surface area (Å²) in [4.78, 5) is 14.3. The van der Waals surface area contributed by atoms with Crippen LogP contribution in [0.5, 0.6) is 0 Å². The van der Waals surface area contributed by atoms with E-state index in [1.54, 1.807) is 11.8 Å². The molecule has 0 radical (unpaired) electrons. The van der Waals surface area contributed by atoms with Crippen molar-refractivity contribution in [3.63, 3.8) is 0 Å². The van der Waals surface area contributed by atoms with Crippen molar-refractivity contribution in [3.8, 4) is 0 Å². The molecule has 1 aromatic rings. The zero-order valence-corrected chi connectivity index (χ0v) is 14.1. The van der Waals surface area contributed by atoms with Crippen LogP contribution in [0, 0.1) is 11.8 Å². The summed E-state index contributed by atoms with van der Waals surface area (Å²) < 4.78 is 6.96. The van der Waals surface area contributed by atoms with Crippen LogP contribution < -0.4 is 5.32 Å². The van der Waals surface area contributed by atoms with Crippen LogP contribution in [-0.4, -0.2) is 53.9 Å². The molecule has 6 heteroatoms. The Labute approximate surface area is 132 Å². The lowest BCUT2D eigenvalue weighted by atomic mass is 9.95. The highest BCUT2D eigenvalue weighted by Crippen LogP contribution is 2.37. The van der Waals surface area contributed by atoms with Gasteiger partial charge in [-0.3, -0.25) is 9.48 Å². The molecule has 0 spiro atoms. The number of aromatic nitrogens is 2. The lowest BCUT2D eigenvalue weighted by Crippen LogP contribution is -2.34. The molecule has 0 unspecified atom stereocenters. The number of likely N-dealkylation sites (tertiary alicyclic amines) is 1. The Balaban J connectivity index is 2.11. The monoisotopic (exact) mass is 308 g/mol. The first-order valence-corrected chi connectivity index (χ1v) is 8.00. The SMILES string of the molecule is COCCN1C(=O)C[C@@H](CNCC(C)C)[C@@H]1c1cnn(C)c1. The molecule has 0 saturated carbocycles. The van der Waals surface area contributed by atoms with Gasteiger partial charge in [-0.05, 0) is 12.5 Å². The average Bonchev–Trinajstić information content (AvgIpc) is 3.00. The van der Waals surface area contributed by atoms with Gasteiger partial charge in [0.1, 0.15) is 0 Å². The number of methoxy groups -OCH3 is 1. The molecule has 0 aliphatic carbocycles. The molecule has 1 amide bonds. The minimum Gasteiger partial charge on any atom is -0.383 e. The maximum absolute atomic E-state index is 12.4. The zero-order chi connectivity index (χ0) is 16.1. The maximum atomic E-state index is 12.4. The molecule has 1 N–H and O–H groups in total. The third kappa shape index (κ3) is 4.08. The Morgan fingerprint density at radius 3 is 2.86 bits per heavy atom. The summed E-state index contributed by atoms with van der Waals surface area (Å²) in [6.07, 6.45) is 4.48. The van der Waals surface area contributed by atoms with E-state index in [9.17, 15) is 4.79 Å². The summed E-state index contributed by atoms with van der Waals surface area (Å²) in [6, 6.07) is 0.0935. The maximum Gasteiger partial charge on any atom is 0.223 e. The van der Waals surface area contributed by atoms with Crippen LogP contribution in [0.2, 0.25) is 0 Å². The van der Waals surface area contributed by atoms with Crippen LogP contribution in [-0.2, 0) is 16.6 Å². The molecule has 0 bridgehead atoms. The summed E-state index contributed by atoms with van der Waals surface area (Å²) in [7, 11) is 3.58. The molecule has 2 atom stereocenters. The fraction of sp³-hybridized carbons (Fsp3) is 0.750. The van der Waals surface area contributed by atoms with Crippen molar-refractivity contribution < 1.29 is 9.53 Å². The van der Waals surface area contributed by atoms with E-state index in [2.05, 4.69) is 24.3 Å². The van der Waals surface area contributed by atoms with Gasteiger partial charge in [0.25, 0.3) is 0 Å². The van der Waals surface area contributed by atoms with E-state index < -0.39 is 0 Å². The molecule has 6 nitrogen and oxygen atoms in total. The van der Waals surface area contributed by atoms with Gasteiger partial charge in [0.05, 0.1) is 18.8 Å². The normalized spacial score (nSPS) is 22.0. The Morgan fingerprint density at radius 1 is 1.50 bits per heavy atom. The predicted molar refractivity (Wildman–Crippen MR) is 85.4 cm³/mol. The van der Waals surface area contributed by atoms with Crippen molar-refractivity contribution in [1.82, 2.24) is 20.0 Å². The van der Waals surface area contributed by atoms with Crippen molar-refractivity contribution in [2.75, 3.05) is 33.4 Å². The first-order valence-electron chi connectivity index (χ1n) is 8.00. The van der Waals surface area contributed by atoms with Crippen molar-refractivity contribution in [2.45, 2.75) is 26.3 Å². The minimum absolute atomic E-state index is 0.0935. The van der Waals surface area contributed by atoms with Crippen molar-refractivity contribution in [2.24, 2.45) is 18.9 Å². The number of nitrogens with zero attached hydrogens (tertiary/aromatic N) is 3. The summed E-state index contributed by atoms with van der Waals surface area (Å²) >= 11 is 0. The van der Waals surface area contributed by atoms with Gasteiger partial charge in [-0.15, -0.1) is 0 Å². The number of aryl methyl sites for hydroxylation is 1. The molecule has 1 saturated heterocycles. The Morgan fingerprint density at radius 2 is 2.27 bits per heavy atom. The Hall–Kier alpha value is -1.40. The number of ether oxygens (including phenoxy) is 1. The van der Waals surface area contributed by atoms with Gasteiger partial charge in [0.2, 0.25) is 5.91 Å². The first-order chi connectivity index (χ1) is 10.5. The first kappa shape index (κ1) is 17.0. The number of nitrogens with one attached hydrogen (secondary N) is 1. The van der Waals surface area contributed by atoms with E-state index in [1.807, 2.05) is 24.3 Å². The highest BCUT2D eigenvalue weighted by atomic mass is 16.5.